The molecular weight excluding hydrogens is 356 g/mol. The molecule has 0 atom stereocenters. The van der Waals surface area contributed by atoms with E-state index in [9.17, 15) is 18.0 Å². The lowest BCUT2D eigenvalue weighted by Crippen LogP contribution is -2.56. The third-order valence-electron chi connectivity index (χ3n) is 4.09. The molecule has 1 aromatic carbocycles. The highest BCUT2D eigenvalue weighted by Crippen LogP contribution is 2.34. The third-order valence-corrected chi connectivity index (χ3v) is 6.16. The van der Waals surface area contributed by atoms with Crippen LogP contribution in [-0.2, 0) is 19.6 Å². The molecule has 1 aliphatic carbocycles. The van der Waals surface area contributed by atoms with E-state index in [1.807, 2.05) is 0 Å². The Labute approximate surface area is 145 Å². The van der Waals surface area contributed by atoms with Gasteiger partial charge >= 0.3 is 5.97 Å². The van der Waals surface area contributed by atoms with E-state index < -0.39 is 27.4 Å². The first-order valence-electron chi connectivity index (χ1n) is 7.39. The van der Waals surface area contributed by atoms with Crippen LogP contribution in [0.2, 0.25) is 5.02 Å². The smallest absolute Gasteiger partial charge is 0.305 e. The number of sulfonamides is 1. The van der Waals surface area contributed by atoms with Gasteiger partial charge in [-0.05, 0) is 43.5 Å². The van der Waals surface area contributed by atoms with Crippen LogP contribution in [-0.4, -0.2) is 48.8 Å². The van der Waals surface area contributed by atoms with Crippen LogP contribution < -0.4 is 5.32 Å². The molecule has 1 fully saturated rings. The van der Waals surface area contributed by atoms with Crippen LogP contribution in [0.4, 0.5) is 0 Å². The van der Waals surface area contributed by atoms with E-state index in [1.165, 1.54) is 31.3 Å². The maximum absolute atomic E-state index is 12.4. The SMILES string of the molecule is CN(CC(=O)NC1(CC(=O)O)CCC1)S(=O)(=O)c1ccc(Cl)cc1. The highest BCUT2D eigenvalue weighted by molar-refractivity contribution is 7.89. The van der Waals surface area contributed by atoms with Crippen molar-refractivity contribution in [3.8, 4) is 0 Å². The quantitative estimate of drug-likeness (QED) is 0.752. The summed E-state index contributed by atoms with van der Waals surface area (Å²) >= 11 is 5.74. The van der Waals surface area contributed by atoms with E-state index in [0.29, 0.717) is 17.9 Å². The number of likely N-dealkylation sites (N-methyl/N-ethyl adjacent to an activating group) is 1. The number of nitrogens with zero attached hydrogens (tertiary/aromatic N) is 1. The lowest BCUT2D eigenvalue weighted by molar-refractivity contribution is -0.140. The van der Waals surface area contributed by atoms with Gasteiger partial charge in [0, 0.05) is 12.1 Å². The summed E-state index contributed by atoms with van der Waals surface area (Å²) in [7, 11) is -2.52. The van der Waals surface area contributed by atoms with Crippen LogP contribution in [0.3, 0.4) is 0 Å². The first-order valence-corrected chi connectivity index (χ1v) is 9.21. The molecule has 1 aromatic rings. The van der Waals surface area contributed by atoms with E-state index >= 15 is 0 Å². The molecule has 7 nitrogen and oxygen atoms in total. The molecular formula is C15H19ClN2O5S. The van der Waals surface area contributed by atoms with E-state index in [2.05, 4.69) is 5.32 Å². The summed E-state index contributed by atoms with van der Waals surface area (Å²) in [5.41, 5.74) is -0.756. The predicted octanol–water partition coefficient (Wildman–Crippen LogP) is 1.47. The zero-order valence-corrected chi connectivity index (χ0v) is 14.7. The minimum Gasteiger partial charge on any atom is -0.481 e. The van der Waals surface area contributed by atoms with Crippen LogP contribution in [0.1, 0.15) is 25.7 Å². The van der Waals surface area contributed by atoms with Crippen molar-refractivity contribution >= 4 is 33.5 Å². The molecule has 9 heteroatoms. The number of carbonyl (C=O) groups is 2. The molecule has 0 radical (unpaired) electrons. The fraction of sp³-hybridized carbons (Fsp3) is 0.467. The van der Waals surface area contributed by atoms with Crippen molar-refractivity contribution in [2.45, 2.75) is 36.1 Å². The standard InChI is InChI=1S/C15H19ClN2O5S/c1-18(24(22,23)12-5-3-11(16)4-6-12)10-13(19)17-15(7-2-8-15)9-14(20)21/h3-6H,2,7-10H2,1H3,(H,17,19)(H,20,21). The van der Waals surface area contributed by atoms with Gasteiger partial charge in [-0.3, -0.25) is 9.59 Å². The van der Waals surface area contributed by atoms with Crippen molar-refractivity contribution in [3.05, 3.63) is 29.3 Å². The van der Waals surface area contributed by atoms with E-state index in [-0.39, 0.29) is 17.9 Å². The van der Waals surface area contributed by atoms with Gasteiger partial charge in [0.05, 0.1) is 23.4 Å². The van der Waals surface area contributed by atoms with Crippen molar-refractivity contribution in [3.63, 3.8) is 0 Å². The van der Waals surface area contributed by atoms with Crippen molar-refractivity contribution in [1.82, 2.24) is 9.62 Å². The Hall–Kier alpha value is -1.64. The Balaban J connectivity index is 2.02. The molecule has 0 bridgehead atoms. The molecule has 132 valence electrons. The molecule has 0 unspecified atom stereocenters. The zero-order chi connectivity index (χ0) is 18.0. The fourth-order valence-electron chi connectivity index (χ4n) is 2.65. The summed E-state index contributed by atoms with van der Waals surface area (Å²) in [5, 5.41) is 12.0. The van der Waals surface area contributed by atoms with Crippen molar-refractivity contribution in [2.75, 3.05) is 13.6 Å². The number of hydrogen-bond donors (Lipinski definition) is 2. The molecule has 0 spiro atoms. The second-order valence-corrected chi connectivity index (χ2v) is 8.45. The Morgan fingerprint density at radius 2 is 1.88 bits per heavy atom. The number of carboxylic acid groups (broad SMARTS) is 1. The van der Waals surface area contributed by atoms with Crippen LogP contribution in [0, 0.1) is 0 Å². The molecule has 24 heavy (non-hydrogen) atoms. The second kappa shape index (κ2) is 7.08. The number of aliphatic carboxylic acids is 1. The number of carbonyl (C=O) groups excluding carboxylic acids is 1. The van der Waals surface area contributed by atoms with Gasteiger partial charge in [0.1, 0.15) is 0 Å². The monoisotopic (exact) mass is 374 g/mol. The lowest BCUT2D eigenvalue weighted by atomic mass is 9.74. The Kier molecular flexibility index (Phi) is 5.52. The van der Waals surface area contributed by atoms with Crippen molar-refractivity contribution < 1.29 is 23.1 Å². The highest BCUT2D eigenvalue weighted by Gasteiger charge is 2.40. The van der Waals surface area contributed by atoms with Crippen LogP contribution >= 0.6 is 11.6 Å². The van der Waals surface area contributed by atoms with E-state index in [0.717, 1.165) is 10.7 Å². The topological polar surface area (TPSA) is 104 Å². The number of benzene rings is 1. The van der Waals surface area contributed by atoms with Gasteiger partial charge < -0.3 is 10.4 Å². The largest absolute Gasteiger partial charge is 0.481 e. The first-order chi connectivity index (χ1) is 11.1. The highest BCUT2D eigenvalue weighted by atomic mass is 35.5. The fourth-order valence-corrected chi connectivity index (χ4v) is 3.90. The summed E-state index contributed by atoms with van der Waals surface area (Å²) in [5.74, 6) is -1.51. The third kappa shape index (κ3) is 4.25. The summed E-state index contributed by atoms with van der Waals surface area (Å²) in [4.78, 5) is 23.1. The minimum atomic E-state index is -3.82. The minimum absolute atomic E-state index is 0.0334. The van der Waals surface area contributed by atoms with Gasteiger partial charge in [0.25, 0.3) is 0 Å². The van der Waals surface area contributed by atoms with E-state index in [4.69, 9.17) is 16.7 Å². The maximum atomic E-state index is 12.4. The van der Waals surface area contributed by atoms with Crippen LogP contribution in [0.15, 0.2) is 29.2 Å². The molecule has 2 N–H and O–H groups in total. The second-order valence-electron chi connectivity index (χ2n) is 5.97. The molecule has 1 amide bonds. The Bertz CT molecular complexity index is 729. The van der Waals surface area contributed by atoms with Crippen molar-refractivity contribution in [1.29, 1.82) is 0 Å². The number of nitrogens with one attached hydrogen (secondary N) is 1. The average molecular weight is 375 g/mol. The number of hydrogen-bond acceptors (Lipinski definition) is 4. The summed E-state index contributed by atoms with van der Waals surface area (Å²) in [6.45, 7) is -0.383. The molecule has 0 saturated heterocycles. The molecule has 0 aromatic heterocycles. The average Bonchev–Trinajstić information content (AvgIpc) is 2.44. The van der Waals surface area contributed by atoms with E-state index in [1.54, 1.807) is 0 Å². The van der Waals surface area contributed by atoms with Gasteiger partial charge in [0.15, 0.2) is 0 Å². The summed E-state index contributed by atoms with van der Waals surface area (Å²) in [6, 6.07) is 5.64. The van der Waals surface area contributed by atoms with Crippen LogP contribution in [0.5, 0.6) is 0 Å². The van der Waals surface area contributed by atoms with Gasteiger partial charge in [-0.25, -0.2) is 8.42 Å². The Morgan fingerprint density at radius 3 is 2.33 bits per heavy atom. The number of halogens is 1. The van der Waals surface area contributed by atoms with Gasteiger partial charge in [0.2, 0.25) is 15.9 Å². The summed E-state index contributed by atoms with van der Waals surface area (Å²) in [6.07, 6.45) is 1.84. The summed E-state index contributed by atoms with van der Waals surface area (Å²) < 4.78 is 25.8. The number of amides is 1. The Morgan fingerprint density at radius 1 is 1.29 bits per heavy atom. The lowest BCUT2D eigenvalue weighted by Gasteiger charge is -2.41. The first kappa shape index (κ1) is 18.7. The zero-order valence-electron chi connectivity index (χ0n) is 13.2. The van der Waals surface area contributed by atoms with Gasteiger partial charge in [-0.2, -0.15) is 4.31 Å². The van der Waals surface area contributed by atoms with Crippen molar-refractivity contribution in [2.24, 2.45) is 0 Å². The molecule has 0 heterocycles. The normalized spacial score (nSPS) is 16.5. The van der Waals surface area contributed by atoms with Crippen LogP contribution in [0.25, 0.3) is 0 Å². The van der Waals surface area contributed by atoms with Gasteiger partial charge in [-0.15, -0.1) is 0 Å². The molecule has 1 saturated carbocycles. The maximum Gasteiger partial charge on any atom is 0.305 e. The van der Waals surface area contributed by atoms with Gasteiger partial charge in [-0.1, -0.05) is 11.6 Å². The molecule has 0 aliphatic heterocycles. The number of rotatable bonds is 7. The molecule has 1 aliphatic rings. The number of carboxylic acids is 1. The molecule has 2 rings (SSSR count). The predicted molar refractivity (Wildman–Crippen MR) is 88.2 cm³/mol.